The summed E-state index contributed by atoms with van der Waals surface area (Å²) < 4.78 is 5.25. The number of imide groups is 1. The Bertz CT molecular complexity index is 1450. The standard InChI is InChI=1S/C29H27N3O5S/c1-17(33)23-15-21(37-2)13-10-18(23)5-4-14-29(27(35)31-28(36)32-29)20-11-8-19(9-12-20)22-6-3-7-24-26(22)38-16-25(34)30-24/h3,6-13,15H,4-5,14,16H2,1-2H3,(H,30,34)(H2,31,32,35,36). The van der Waals surface area contributed by atoms with Crippen LogP contribution in [0.2, 0.25) is 0 Å². The highest BCUT2D eigenvalue weighted by molar-refractivity contribution is 8.00. The minimum atomic E-state index is -1.21. The highest BCUT2D eigenvalue weighted by Gasteiger charge is 2.47. The van der Waals surface area contributed by atoms with E-state index in [4.69, 9.17) is 4.74 Å². The van der Waals surface area contributed by atoms with E-state index in [2.05, 4.69) is 16.0 Å². The van der Waals surface area contributed by atoms with Crippen molar-refractivity contribution in [2.45, 2.75) is 36.6 Å². The lowest BCUT2D eigenvalue weighted by atomic mass is 9.83. The van der Waals surface area contributed by atoms with Gasteiger partial charge in [0.05, 0.1) is 18.6 Å². The topological polar surface area (TPSA) is 114 Å². The van der Waals surface area contributed by atoms with Gasteiger partial charge in [-0.3, -0.25) is 19.7 Å². The summed E-state index contributed by atoms with van der Waals surface area (Å²) in [6.07, 6.45) is 1.47. The number of benzene rings is 3. The first-order valence-electron chi connectivity index (χ1n) is 12.3. The summed E-state index contributed by atoms with van der Waals surface area (Å²) in [5, 5.41) is 8.15. The van der Waals surface area contributed by atoms with Crippen LogP contribution in [0.25, 0.3) is 11.1 Å². The Balaban J connectivity index is 1.40. The van der Waals surface area contributed by atoms with Crippen molar-refractivity contribution in [3.63, 3.8) is 0 Å². The fraction of sp³-hybridized carbons (Fsp3) is 0.241. The zero-order valence-electron chi connectivity index (χ0n) is 21.1. The van der Waals surface area contributed by atoms with E-state index in [-0.39, 0.29) is 11.7 Å². The number of hydrogen-bond acceptors (Lipinski definition) is 6. The molecule has 4 amide bonds. The summed E-state index contributed by atoms with van der Waals surface area (Å²) in [5.41, 5.74) is 3.64. The molecule has 0 aromatic heterocycles. The molecule has 38 heavy (non-hydrogen) atoms. The number of hydrogen-bond donors (Lipinski definition) is 3. The van der Waals surface area contributed by atoms with Crippen LogP contribution in [0, 0.1) is 0 Å². The fourth-order valence-corrected chi connectivity index (χ4v) is 6.03. The van der Waals surface area contributed by atoms with Crippen molar-refractivity contribution >= 4 is 41.1 Å². The molecular weight excluding hydrogens is 502 g/mol. The Morgan fingerprint density at radius 2 is 1.82 bits per heavy atom. The predicted molar refractivity (Wildman–Crippen MR) is 146 cm³/mol. The van der Waals surface area contributed by atoms with Gasteiger partial charge in [0.1, 0.15) is 11.3 Å². The van der Waals surface area contributed by atoms with Crippen LogP contribution in [-0.4, -0.2) is 36.5 Å². The number of anilines is 1. The van der Waals surface area contributed by atoms with Crippen LogP contribution >= 0.6 is 11.8 Å². The van der Waals surface area contributed by atoms with Crippen molar-refractivity contribution in [1.29, 1.82) is 0 Å². The van der Waals surface area contributed by atoms with E-state index in [0.29, 0.717) is 41.9 Å². The van der Waals surface area contributed by atoms with E-state index in [1.54, 1.807) is 13.2 Å². The molecule has 0 radical (unpaired) electrons. The van der Waals surface area contributed by atoms with E-state index in [1.807, 2.05) is 54.6 Å². The van der Waals surface area contributed by atoms with Crippen LogP contribution in [0.15, 0.2) is 65.6 Å². The number of nitrogens with one attached hydrogen (secondary N) is 3. The van der Waals surface area contributed by atoms with Gasteiger partial charge in [0, 0.05) is 10.5 Å². The van der Waals surface area contributed by atoms with Gasteiger partial charge in [-0.2, -0.15) is 0 Å². The maximum Gasteiger partial charge on any atom is 0.322 e. The molecule has 0 aliphatic carbocycles. The zero-order chi connectivity index (χ0) is 26.9. The Hall–Kier alpha value is -4.11. The number of aryl methyl sites for hydroxylation is 1. The fourth-order valence-electron chi connectivity index (χ4n) is 5.06. The maximum absolute atomic E-state index is 13.1. The van der Waals surface area contributed by atoms with Crippen LogP contribution < -0.4 is 20.7 Å². The Kier molecular flexibility index (Phi) is 6.94. The molecule has 0 saturated carbocycles. The number of ketones is 1. The molecule has 8 nitrogen and oxygen atoms in total. The van der Waals surface area contributed by atoms with Gasteiger partial charge in [0.2, 0.25) is 5.91 Å². The number of methoxy groups -OCH3 is 1. The number of ether oxygens (including phenoxy) is 1. The first kappa shape index (κ1) is 25.5. The third-order valence-corrected chi connectivity index (χ3v) is 8.10. The van der Waals surface area contributed by atoms with E-state index >= 15 is 0 Å². The molecule has 0 spiro atoms. The summed E-state index contributed by atoms with van der Waals surface area (Å²) in [7, 11) is 1.55. The second kappa shape index (κ2) is 10.3. The second-order valence-corrected chi connectivity index (χ2v) is 10.3. The molecule has 2 heterocycles. The number of amides is 4. The van der Waals surface area contributed by atoms with Gasteiger partial charge in [0.15, 0.2) is 5.78 Å². The smallest absolute Gasteiger partial charge is 0.322 e. The van der Waals surface area contributed by atoms with Crippen molar-refractivity contribution in [2.24, 2.45) is 0 Å². The Morgan fingerprint density at radius 3 is 2.50 bits per heavy atom. The number of Topliss-reactive ketones (excluding diaryl/α,β-unsaturated/α-hetero) is 1. The number of rotatable bonds is 8. The molecule has 5 rings (SSSR count). The summed E-state index contributed by atoms with van der Waals surface area (Å²) in [6, 6.07) is 18.2. The van der Waals surface area contributed by atoms with Crippen LogP contribution in [0.1, 0.15) is 41.3 Å². The average molecular weight is 530 g/mol. The van der Waals surface area contributed by atoms with Gasteiger partial charge in [0.25, 0.3) is 5.91 Å². The maximum atomic E-state index is 13.1. The van der Waals surface area contributed by atoms with E-state index < -0.39 is 17.5 Å². The zero-order valence-corrected chi connectivity index (χ0v) is 21.9. The van der Waals surface area contributed by atoms with Crippen molar-refractivity contribution in [2.75, 3.05) is 18.2 Å². The van der Waals surface area contributed by atoms with Crippen LogP contribution in [0.5, 0.6) is 5.75 Å². The first-order chi connectivity index (χ1) is 18.3. The third kappa shape index (κ3) is 4.77. The molecule has 3 aromatic rings. The largest absolute Gasteiger partial charge is 0.497 e. The lowest BCUT2D eigenvalue weighted by molar-refractivity contribution is -0.124. The van der Waals surface area contributed by atoms with Crippen molar-refractivity contribution < 1.29 is 23.9 Å². The number of urea groups is 1. The minimum absolute atomic E-state index is 0.0232. The molecule has 194 valence electrons. The van der Waals surface area contributed by atoms with E-state index in [0.717, 1.165) is 27.3 Å². The molecular formula is C29H27N3O5S. The van der Waals surface area contributed by atoms with Crippen LogP contribution in [-0.2, 0) is 21.5 Å². The molecule has 3 aromatic carbocycles. The Labute approximate surface area is 224 Å². The molecule has 1 unspecified atom stereocenters. The quantitative estimate of drug-likeness (QED) is 0.289. The SMILES string of the molecule is COc1ccc(CCCC2(c3ccc(-c4cccc5c4SCC(=O)N5)cc3)NC(=O)NC2=O)c(C(C)=O)c1. The summed E-state index contributed by atoms with van der Waals surface area (Å²) in [5.74, 6) is 0.490. The summed E-state index contributed by atoms with van der Waals surface area (Å²) in [6.45, 7) is 1.52. The number of carbonyl (C=O) groups is 4. The summed E-state index contributed by atoms with van der Waals surface area (Å²) in [4.78, 5) is 50.3. The molecule has 1 saturated heterocycles. The van der Waals surface area contributed by atoms with Crippen molar-refractivity contribution in [3.8, 4) is 16.9 Å². The number of thioether (sulfide) groups is 1. The molecule has 0 bridgehead atoms. The molecule has 1 fully saturated rings. The van der Waals surface area contributed by atoms with Gasteiger partial charge < -0.3 is 15.4 Å². The lowest BCUT2D eigenvalue weighted by Gasteiger charge is -2.27. The van der Waals surface area contributed by atoms with Gasteiger partial charge in [-0.15, -0.1) is 11.8 Å². The predicted octanol–water partition coefficient (Wildman–Crippen LogP) is 4.67. The highest BCUT2D eigenvalue weighted by Crippen LogP contribution is 2.40. The first-order valence-corrected chi connectivity index (χ1v) is 13.3. The number of fused-ring (bicyclic) bond motifs is 1. The molecule has 1 atom stereocenters. The molecule has 9 heteroatoms. The molecule has 2 aliphatic heterocycles. The van der Waals surface area contributed by atoms with Gasteiger partial charge >= 0.3 is 6.03 Å². The van der Waals surface area contributed by atoms with Crippen molar-refractivity contribution in [1.82, 2.24) is 10.6 Å². The van der Waals surface area contributed by atoms with E-state index in [1.165, 1.54) is 18.7 Å². The lowest BCUT2D eigenvalue weighted by Crippen LogP contribution is -2.43. The van der Waals surface area contributed by atoms with E-state index in [9.17, 15) is 19.2 Å². The normalized spacial score (nSPS) is 18.3. The second-order valence-electron chi connectivity index (χ2n) is 9.34. The molecule has 3 N–H and O–H groups in total. The number of carbonyl (C=O) groups excluding carboxylic acids is 4. The van der Waals surface area contributed by atoms with Crippen LogP contribution in [0.3, 0.4) is 0 Å². The molecule has 2 aliphatic rings. The third-order valence-electron chi connectivity index (χ3n) is 6.96. The van der Waals surface area contributed by atoms with Gasteiger partial charge in [-0.05, 0) is 66.6 Å². The van der Waals surface area contributed by atoms with Crippen LogP contribution in [0.4, 0.5) is 10.5 Å². The van der Waals surface area contributed by atoms with Gasteiger partial charge in [-0.25, -0.2) is 4.79 Å². The monoisotopic (exact) mass is 529 g/mol. The van der Waals surface area contributed by atoms with Crippen molar-refractivity contribution in [3.05, 3.63) is 77.4 Å². The summed E-state index contributed by atoms with van der Waals surface area (Å²) >= 11 is 1.50. The Morgan fingerprint density at radius 1 is 1.03 bits per heavy atom. The highest BCUT2D eigenvalue weighted by atomic mass is 32.2. The average Bonchev–Trinajstić information content (AvgIpc) is 3.21. The minimum Gasteiger partial charge on any atom is -0.497 e. The van der Waals surface area contributed by atoms with Gasteiger partial charge in [-0.1, -0.05) is 42.5 Å².